The van der Waals surface area contributed by atoms with Crippen molar-refractivity contribution < 1.29 is 14.3 Å². The fourth-order valence-electron chi connectivity index (χ4n) is 5.01. The van der Waals surface area contributed by atoms with Gasteiger partial charge in [0.15, 0.2) is 0 Å². The van der Waals surface area contributed by atoms with Gasteiger partial charge in [0.1, 0.15) is 0 Å². The lowest BCUT2D eigenvalue weighted by Crippen LogP contribution is -2.54. The highest BCUT2D eigenvalue weighted by atomic mass is 16.5. The zero-order valence-corrected chi connectivity index (χ0v) is 18.2. The minimum atomic E-state index is -0.484. The smallest absolute Gasteiger partial charge is 0.254 e. The molecule has 2 aliphatic heterocycles. The van der Waals surface area contributed by atoms with Crippen LogP contribution in [0.2, 0.25) is 0 Å². The van der Waals surface area contributed by atoms with Crippen molar-refractivity contribution in [3.63, 3.8) is 0 Å². The summed E-state index contributed by atoms with van der Waals surface area (Å²) in [7, 11) is 0. The number of morpholine rings is 1. The number of hydrogen-bond donors (Lipinski definition) is 0. The number of carbonyl (C=O) groups is 2. The fourth-order valence-corrected chi connectivity index (χ4v) is 5.01. The molecule has 2 atom stereocenters. The van der Waals surface area contributed by atoms with Crippen LogP contribution < -0.4 is 0 Å². The van der Waals surface area contributed by atoms with Gasteiger partial charge in [0.05, 0.1) is 12.7 Å². The van der Waals surface area contributed by atoms with E-state index in [4.69, 9.17) is 4.74 Å². The maximum atomic E-state index is 12.0. The van der Waals surface area contributed by atoms with Gasteiger partial charge >= 0.3 is 0 Å². The minimum absolute atomic E-state index is 0.179. The van der Waals surface area contributed by atoms with Crippen LogP contribution in [0.3, 0.4) is 0 Å². The molecule has 0 saturated carbocycles. The van der Waals surface area contributed by atoms with Crippen LogP contribution in [0.25, 0.3) is 0 Å². The first-order valence-corrected chi connectivity index (χ1v) is 10.4. The molecule has 0 aromatic carbocycles. The van der Waals surface area contributed by atoms with Crippen molar-refractivity contribution in [2.75, 3.05) is 19.7 Å². The maximum absolute atomic E-state index is 12.0. The van der Waals surface area contributed by atoms with Crippen LogP contribution in [0.1, 0.15) is 67.7 Å². The van der Waals surface area contributed by atoms with E-state index in [-0.39, 0.29) is 23.5 Å². The molecule has 2 rings (SSSR count). The first-order valence-electron chi connectivity index (χ1n) is 10.4. The summed E-state index contributed by atoms with van der Waals surface area (Å²) in [6.07, 6.45) is 5.84. The van der Waals surface area contributed by atoms with Crippen molar-refractivity contribution >= 4 is 11.8 Å². The third-order valence-electron chi connectivity index (χ3n) is 5.83. The summed E-state index contributed by atoms with van der Waals surface area (Å²) in [6, 6.07) is 0. The van der Waals surface area contributed by atoms with Crippen molar-refractivity contribution in [3.8, 4) is 0 Å². The number of ether oxygens (including phenoxy) is 1. The summed E-state index contributed by atoms with van der Waals surface area (Å²) >= 11 is 0. The van der Waals surface area contributed by atoms with E-state index in [1.165, 1.54) is 23.5 Å². The Hall–Kier alpha value is -1.20. The van der Waals surface area contributed by atoms with E-state index >= 15 is 0 Å². The molecule has 0 aromatic heterocycles. The van der Waals surface area contributed by atoms with Crippen molar-refractivity contribution in [2.45, 2.75) is 84.9 Å². The first-order chi connectivity index (χ1) is 12.4. The van der Waals surface area contributed by atoms with Gasteiger partial charge in [-0.1, -0.05) is 20.8 Å². The zero-order chi connectivity index (χ0) is 20.4. The molecule has 0 aliphatic carbocycles. The lowest BCUT2D eigenvalue weighted by molar-refractivity contribution is -0.143. The summed E-state index contributed by atoms with van der Waals surface area (Å²) in [5.74, 6) is 0.630. The van der Waals surface area contributed by atoms with Crippen molar-refractivity contribution in [2.24, 2.45) is 11.8 Å². The average molecular weight is 379 g/mol. The van der Waals surface area contributed by atoms with Gasteiger partial charge in [0.2, 0.25) is 0 Å². The lowest BCUT2D eigenvalue weighted by atomic mass is 9.85. The Morgan fingerprint density at radius 2 is 1.63 bits per heavy atom. The highest BCUT2D eigenvalue weighted by Crippen LogP contribution is 2.31. The van der Waals surface area contributed by atoms with E-state index in [1.807, 2.05) is 13.8 Å². The molecule has 1 saturated heterocycles. The van der Waals surface area contributed by atoms with Crippen LogP contribution in [0, 0.1) is 11.8 Å². The number of rotatable bonds is 8. The molecule has 2 heterocycles. The largest absolute Gasteiger partial charge is 0.376 e. The van der Waals surface area contributed by atoms with Gasteiger partial charge in [-0.2, -0.15) is 0 Å². The van der Waals surface area contributed by atoms with Crippen molar-refractivity contribution in [1.82, 2.24) is 9.80 Å². The van der Waals surface area contributed by atoms with Crippen LogP contribution in [-0.4, -0.2) is 58.5 Å². The highest BCUT2D eigenvalue weighted by molar-refractivity contribution is 6.13. The summed E-state index contributed by atoms with van der Waals surface area (Å²) in [4.78, 5) is 28.0. The lowest BCUT2D eigenvalue weighted by Gasteiger charge is -2.45. The standard InChI is InChI=1S/C22H38N2O3/c1-16(2)13-21(4,5)23-10-11-27-18(15-23)12-17(3)14-22(6,7)24-19(25)8-9-20(24)26/h8-9,16-18H,10-15H2,1-7H3/t17-,18?/m0/s1. The average Bonchev–Trinajstić information content (AvgIpc) is 2.85. The highest BCUT2D eigenvalue weighted by Gasteiger charge is 2.39. The molecule has 0 N–H and O–H groups in total. The predicted octanol–water partition coefficient (Wildman–Crippen LogP) is 3.63. The number of carbonyl (C=O) groups excluding carboxylic acids is 2. The third-order valence-corrected chi connectivity index (χ3v) is 5.83. The van der Waals surface area contributed by atoms with Gasteiger partial charge < -0.3 is 4.74 Å². The first kappa shape index (κ1) is 22.1. The number of nitrogens with zero attached hydrogens (tertiary/aromatic N) is 2. The number of imide groups is 1. The monoisotopic (exact) mass is 378 g/mol. The zero-order valence-electron chi connectivity index (χ0n) is 18.2. The van der Waals surface area contributed by atoms with E-state index in [0.29, 0.717) is 11.8 Å². The van der Waals surface area contributed by atoms with Crippen LogP contribution in [0.4, 0.5) is 0 Å². The molecule has 2 amide bonds. The van der Waals surface area contributed by atoms with Crippen LogP contribution in [0.15, 0.2) is 12.2 Å². The molecule has 1 unspecified atom stereocenters. The van der Waals surface area contributed by atoms with Crippen LogP contribution in [-0.2, 0) is 14.3 Å². The Morgan fingerprint density at radius 1 is 1.04 bits per heavy atom. The van der Waals surface area contributed by atoms with Gasteiger partial charge in [-0.05, 0) is 58.8 Å². The quantitative estimate of drug-likeness (QED) is 0.605. The third kappa shape index (κ3) is 5.64. The molecule has 1 fully saturated rings. The summed E-state index contributed by atoms with van der Waals surface area (Å²) in [6.45, 7) is 18.1. The van der Waals surface area contributed by atoms with E-state index in [1.54, 1.807) is 0 Å². The van der Waals surface area contributed by atoms with Crippen molar-refractivity contribution in [3.05, 3.63) is 12.2 Å². The van der Waals surface area contributed by atoms with E-state index < -0.39 is 5.54 Å². The molecule has 154 valence electrons. The van der Waals surface area contributed by atoms with Gasteiger partial charge in [0, 0.05) is 36.3 Å². The van der Waals surface area contributed by atoms with Gasteiger partial charge in [-0.3, -0.25) is 19.4 Å². The van der Waals surface area contributed by atoms with Crippen LogP contribution in [0.5, 0.6) is 0 Å². The molecular formula is C22H38N2O3. The minimum Gasteiger partial charge on any atom is -0.376 e. The summed E-state index contributed by atoms with van der Waals surface area (Å²) in [5.41, 5.74) is -0.304. The van der Waals surface area contributed by atoms with Crippen LogP contribution >= 0.6 is 0 Å². The Balaban J connectivity index is 1.92. The molecule has 5 heteroatoms. The molecule has 2 aliphatic rings. The van der Waals surface area contributed by atoms with E-state index in [9.17, 15) is 9.59 Å². The Morgan fingerprint density at radius 3 is 2.19 bits per heavy atom. The second-order valence-corrected chi connectivity index (χ2v) is 10.1. The second-order valence-electron chi connectivity index (χ2n) is 10.1. The Labute approximate surface area is 165 Å². The van der Waals surface area contributed by atoms with E-state index in [2.05, 4.69) is 39.5 Å². The molecule has 0 bridgehead atoms. The molecule has 5 nitrogen and oxygen atoms in total. The number of amides is 2. The Bertz CT molecular complexity index is 562. The Kier molecular flexibility index (Phi) is 6.91. The van der Waals surface area contributed by atoms with Gasteiger partial charge in [-0.15, -0.1) is 0 Å². The normalized spacial score (nSPS) is 23.6. The topological polar surface area (TPSA) is 49.9 Å². The van der Waals surface area contributed by atoms with Crippen molar-refractivity contribution in [1.29, 1.82) is 0 Å². The van der Waals surface area contributed by atoms with Gasteiger partial charge in [0.25, 0.3) is 11.8 Å². The SMILES string of the molecule is CC(C)CC(C)(C)N1CCOC(C[C@H](C)CC(C)(C)N2C(=O)C=CC2=O)C1. The summed E-state index contributed by atoms with van der Waals surface area (Å²) in [5, 5.41) is 0. The maximum Gasteiger partial charge on any atom is 0.254 e. The molecule has 0 radical (unpaired) electrons. The van der Waals surface area contributed by atoms with E-state index in [0.717, 1.165) is 32.5 Å². The summed E-state index contributed by atoms with van der Waals surface area (Å²) < 4.78 is 6.06. The molecular weight excluding hydrogens is 340 g/mol. The number of hydrogen-bond acceptors (Lipinski definition) is 4. The van der Waals surface area contributed by atoms with Gasteiger partial charge in [-0.25, -0.2) is 0 Å². The molecule has 0 aromatic rings. The molecule has 0 spiro atoms. The fraction of sp³-hybridized carbons (Fsp3) is 0.818. The molecule has 27 heavy (non-hydrogen) atoms. The second kappa shape index (κ2) is 8.44. The predicted molar refractivity (Wildman–Crippen MR) is 108 cm³/mol.